The van der Waals surface area contributed by atoms with E-state index in [1.807, 2.05) is 6.07 Å². The van der Waals surface area contributed by atoms with Gasteiger partial charge in [0.05, 0.1) is 0 Å². The summed E-state index contributed by atoms with van der Waals surface area (Å²) in [6.07, 6.45) is 6.65. The van der Waals surface area contributed by atoms with E-state index in [4.69, 9.17) is 11.6 Å². The average molecular weight is 266 g/mol. The SMILES string of the molecule is CCCNC(CCC1CC1)c1cc(C)cc(Cl)c1. The molecule has 0 heterocycles. The summed E-state index contributed by atoms with van der Waals surface area (Å²) in [5.74, 6) is 0.996. The Hall–Kier alpha value is -0.530. The molecular formula is C16H24ClN. The molecule has 0 aliphatic heterocycles. The maximum atomic E-state index is 6.18. The van der Waals surface area contributed by atoms with Crippen LogP contribution in [0, 0.1) is 12.8 Å². The Morgan fingerprint density at radius 1 is 1.33 bits per heavy atom. The summed E-state index contributed by atoms with van der Waals surface area (Å²) in [6, 6.07) is 6.90. The van der Waals surface area contributed by atoms with E-state index in [2.05, 4.69) is 31.3 Å². The predicted molar refractivity (Wildman–Crippen MR) is 79.2 cm³/mol. The second-order valence-corrected chi connectivity index (χ2v) is 6.03. The third kappa shape index (κ3) is 4.29. The van der Waals surface area contributed by atoms with Crippen LogP contribution in [-0.4, -0.2) is 6.54 Å². The number of benzene rings is 1. The molecule has 0 aromatic heterocycles. The van der Waals surface area contributed by atoms with Gasteiger partial charge in [-0.15, -0.1) is 0 Å². The second kappa shape index (κ2) is 6.58. The van der Waals surface area contributed by atoms with Crippen LogP contribution in [0.15, 0.2) is 18.2 Å². The summed E-state index contributed by atoms with van der Waals surface area (Å²) in [4.78, 5) is 0. The van der Waals surface area contributed by atoms with E-state index in [0.29, 0.717) is 6.04 Å². The zero-order valence-electron chi connectivity index (χ0n) is 11.5. The lowest BCUT2D eigenvalue weighted by atomic mass is 9.98. The van der Waals surface area contributed by atoms with Crippen LogP contribution in [0.1, 0.15) is 56.2 Å². The van der Waals surface area contributed by atoms with Crippen molar-refractivity contribution >= 4 is 11.6 Å². The van der Waals surface area contributed by atoms with Gasteiger partial charge in [0.25, 0.3) is 0 Å². The van der Waals surface area contributed by atoms with E-state index in [9.17, 15) is 0 Å². The molecule has 0 saturated heterocycles. The molecule has 2 rings (SSSR count). The molecule has 1 N–H and O–H groups in total. The predicted octanol–water partition coefficient (Wildman–Crippen LogP) is 4.88. The molecule has 2 heteroatoms. The third-order valence-corrected chi connectivity index (χ3v) is 3.89. The first kappa shape index (κ1) is 13.9. The van der Waals surface area contributed by atoms with Crippen LogP contribution in [-0.2, 0) is 0 Å². The van der Waals surface area contributed by atoms with Crippen molar-refractivity contribution in [2.45, 2.75) is 52.0 Å². The van der Waals surface area contributed by atoms with Gasteiger partial charge in [-0.2, -0.15) is 0 Å². The van der Waals surface area contributed by atoms with Gasteiger partial charge in [-0.25, -0.2) is 0 Å². The van der Waals surface area contributed by atoms with Gasteiger partial charge in [0.1, 0.15) is 0 Å². The van der Waals surface area contributed by atoms with E-state index in [-0.39, 0.29) is 0 Å². The van der Waals surface area contributed by atoms with E-state index in [1.54, 1.807) is 0 Å². The fraction of sp³-hybridized carbons (Fsp3) is 0.625. The van der Waals surface area contributed by atoms with Gasteiger partial charge in [0.2, 0.25) is 0 Å². The van der Waals surface area contributed by atoms with Crippen LogP contribution in [0.25, 0.3) is 0 Å². The van der Waals surface area contributed by atoms with Gasteiger partial charge in [0.15, 0.2) is 0 Å². The Labute approximate surface area is 116 Å². The van der Waals surface area contributed by atoms with Crippen molar-refractivity contribution in [3.8, 4) is 0 Å². The minimum absolute atomic E-state index is 0.475. The summed E-state index contributed by atoms with van der Waals surface area (Å²) in [7, 11) is 0. The number of hydrogen-bond acceptors (Lipinski definition) is 1. The van der Waals surface area contributed by atoms with Gasteiger partial charge in [0, 0.05) is 11.1 Å². The highest BCUT2D eigenvalue weighted by Gasteiger charge is 2.23. The van der Waals surface area contributed by atoms with Crippen molar-refractivity contribution in [1.29, 1.82) is 0 Å². The molecule has 1 atom stereocenters. The van der Waals surface area contributed by atoms with Gasteiger partial charge < -0.3 is 5.32 Å². The van der Waals surface area contributed by atoms with Crippen LogP contribution < -0.4 is 5.32 Å². The maximum absolute atomic E-state index is 6.18. The fourth-order valence-corrected chi connectivity index (χ4v) is 2.78. The van der Waals surface area contributed by atoms with Crippen LogP contribution in [0.4, 0.5) is 0 Å². The highest BCUT2D eigenvalue weighted by atomic mass is 35.5. The molecule has 1 aliphatic rings. The standard InChI is InChI=1S/C16H24ClN/c1-3-8-18-16(7-6-13-4-5-13)14-9-12(2)10-15(17)11-14/h9-11,13,16,18H,3-8H2,1-2H3. The molecule has 0 spiro atoms. The van der Waals surface area contributed by atoms with Crippen LogP contribution in [0.3, 0.4) is 0 Å². The fourth-order valence-electron chi connectivity index (χ4n) is 2.48. The Bertz CT molecular complexity index is 364. The lowest BCUT2D eigenvalue weighted by Crippen LogP contribution is -2.22. The Morgan fingerprint density at radius 2 is 2.11 bits per heavy atom. The van der Waals surface area contributed by atoms with Crippen LogP contribution in [0.5, 0.6) is 0 Å². The molecule has 1 aromatic carbocycles. The van der Waals surface area contributed by atoms with E-state index in [0.717, 1.165) is 17.5 Å². The van der Waals surface area contributed by atoms with Crippen molar-refractivity contribution < 1.29 is 0 Å². The maximum Gasteiger partial charge on any atom is 0.0411 e. The van der Waals surface area contributed by atoms with E-state index < -0.39 is 0 Å². The first-order valence-corrected chi connectivity index (χ1v) is 7.57. The highest BCUT2D eigenvalue weighted by molar-refractivity contribution is 6.30. The molecule has 1 saturated carbocycles. The zero-order valence-corrected chi connectivity index (χ0v) is 12.3. The number of aryl methyl sites for hydroxylation is 1. The van der Waals surface area contributed by atoms with Gasteiger partial charge >= 0.3 is 0 Å². The largest absolute Gasteiger partial charge is 0.310 e. The van der Waals surface area contributed by atoms with Crippen molar-refractivity contribution in [1.82, 2.24) is 5.32 Å². The van der Waals surface area contributed by atoms with Gasteiger partial charge in [-0.05, 0) is 61.9 Å². The van der Waals surface area contributed by atoms with Gasteiger partial charge in [-0.1, -0.05) is 37.4 Å². The Kier molecular flexibility index (Phi) is 5.08. The van der Waals surface area contributed by atoms with Crippen LogP contribution in [0.2, 0.25) is 5.02 Å². The highest BCUT2D eigenvalue weighted by Crippen LogP contribution is 2.36. The number of halogens is 1. The normalized spacial score (nSPS) is 16.8. The summed E-state index contributed by atoms with van der Waals surface area (Å²) in [6.45, 7) is 5.42. The van der Waals surface area contributed by atoms with E-state index >= 15 is 0 Å². The summed E-state index contributed by atoms with van der Waals surface area (Å²) >= 11 is 6.18. The Balaban J connectivity index is 2.03. The Morgan fingerprint density at radius 3 is 2.72 bits per heavy atom. The molecule has 1 nitrogen and oxygen atoms in total. The van der Waals surface area contributed by atoms with E-state index in [1.165, 1.54) is 43.2 Å². The number of rotatable bonds is 7. The van der Waals surface area contributed by atoms with Crippen molar-refractivity contribution in [2.75, 3.05) is 6.54 Å². The van der Waals surface area contributed by atoms with Crippen molar-refractivity contribution in [3.05, 3.63) is 34.3 Å². The number of hydrogen-bond donors (Lipinski definition) is 1. The molecule has 0 bridgehead atoms. The quantitative estimate of drug-likeness (QED) is 0.741. The summed E-state index contributed by atoms with van der Waals surface area (Å²) in [5, 5.41) is 4.53. The molecule has 1 unspecified atom stereocenters. The topological polar surface area (TPSA) is 12.0 Å². The molecule has 100 valence electrons. The monoisotopic (exact) mass is 265 g/mol. The minimum Gasteiger partial charge on any atom is -0.310 e. The summed E-state index contributed by atoms with van der Waals surface area (Å²) in [5.41, 5.74) is 2.61. The molecular weight excluding hydrogens is 242 g/mol. The smallest absolute Gasteiger partial charge is 0.0411 e. The second-order valence-electron chi connectivity index (χ2n) is 5.59. The van der Waals surface area contributed by atoms with Crippen LogP contribution >= 0.6 is 11.6 Å². The molecule has 1 aromatic rings. The first-order valence-electron chi connectivity index (χ1n) is 7.19. The third-order valence-electron chi connectivity index (χ3n) is 3.67. The zero-order chi connectivity index (χ0) is 13.0. The average Bonchev–Trinajstić information content (AvgIpc) is 3.11. The molecule has 1 aliphatic carbocycles. The number of nitrogens with one attached hydrogen (secondary N) is 1. The van der Waals surface area contributed by atoms with Crippen molar-refractivity contribution in [3.63, 3.8) is 0 Å². The molecule has 1 fully saturated rings. The molecule has 0 amide bonds. The molecule has 0 radical (unpaired) electrons. The molecule has 18 heavy (non-hydrogen) atoms. The van der Waals surface area contributed by atoms with Crippen molar-refractivity contribution in [2.24, 2.45) is 5.92 Å². The summed E-state index contributed by atoms with van der Waals surface area (Å²) < 4.78 is 0. The lowest BCUT2D eigenvalue weighted by molar-refractivity contribution is 0.470. The first-order chi connectivity index (χ1) is 8.69. The lowest BCUT2D eigenvalue weighted by Gasteiger charge is -2.20. The van der Waals surface area contributed by atoms with Gasteiger partial charge in [-0.3, -0.25) is 0 Å². The minimum atomic E-state index is 0.475.